The van der Waals surface area contributed by atoms with E-state index in [0.717, 1.165) is 0 Å². The van der Waals surface area contributed by atoms with Crippen LogP contribution >= 0.6 is 0 Å². The molecular formula is C18H12F6N6O12. The van der Waals surface area contributed by atoms with Crippen molar-refractivity contribution in [1.29, 1.82) is 0 Å². The number of ether oxygens (including phenoxy) is 6. The molecule has 7 rings (SSSR count). The van der Waals surface area contributed by atoms with E-state index in [-0.39, 0.29) is 29.4 Å². The van der Waals surface area contributed by atoms with Crippen LogP contribution in [-0.4, -0.2) is 141 Å². The zero-order valence-electron chi connectivity index (χ0n) is 20.1. The summed E-state index contributed by atoms with van der Waals surface area (Å²) in [4.78, 5) is 72.0. The topological polar surface area (TPSA) is 177 Å². The van der Waals surface area contributed by atoms with Gasteiger partial charge in [-0.25, -0.2) is 28.8 Å². The number of carbonyl (C=O) groups excluding carboxylic acids is 6. The molecule has 6 amide bonds. The Morgan fingerprint density at radius 1 is 0.333 bits per heavy atom. The zero-order valence-corrected chi connectivity index (χ0v) is 20.1. The largest absolute Gasteiger partial charge is 0.404 e. The maximum atomic E-state index is 14.5. The van der Waals surface area contributed by atoms with Gasteiger partial charge < -0.3 is 0 Å². The number of halogens is 6. The van der Waals surface area contributed by atoms with Crippen molar-refractivity contribution >= 4 is 37.0 Å². The molecule has 0 aromatic heterocycles. The molecule has 0 aromatic rings. The highest BCUT2D eigenvalue weighted by Gasteiger charge is 2.84. The molecule has 7 fully saturated rings. The zero-order chi connectivity index (χ0) is 30.4. The van der Waals surface area contributed by atoms with E-state index in [4.69, 9.17) is 28.4 Å². The number of hydrogen-bond donors (Lipinski definition) is 0. The summed E-state index contributed by atoms with van der Waals surface area (Å²) < 4.78 is 120. The molecule has 7 saturated heterocycles. The Balaban J connectivity index is 1.51. The Morgan fingerprint density at radius 2 is 0.452 bits per heavy atom. The summed E-state index contributed by atoms with van der Waals surface area (Å²) in [5.74, 6) is -18.9. The van der Waals surface area contributed by atoms with E-state index < -0.39 is 112 Å². The summed E-state index contributed by atoms with van der Waals surface area (Å²) in [6.07, 6.45) is -15.0. The fourth-order valence-electron chi connectivity index (χ4n) is 6.28. The number of amides is 6. The quantitative estimate of drug-likeness (QED) is 0.208. The van der Waals surface area contributed by atoms with Gasteiger partial charge in [-0.1, -0.05) is 0 Å². The van der Waals surface area contributed by atoms with Crippen LogP contribution < -0.4 is 0 Å². The molecule has 0 aliphatic carbocycles. The van der Waals surface area contributed by atoms with Crippen LogP contribution in [0.3, 0.4) is 0 Å². The lowest BCUT2D eigenvalue weighted by molar-refractivity contribution is -0.450. The van der Waals surface area contributed by atoms with E-state index in [9.17, 15) is 55.1 Å². The summed E-state index contributed by atoms with van der Waals surface area (Å²) in [5, 5.41) is 0. The van der Waals surface area contributed by atoms with Crippen molar-refractivity contribution in [3.05, 3.63) is 0 Å². The maximum absolute atomic E-state index is 14.5. The van der Waals surface area contributed by atoms with Gasteiger partial charge in [-0.05, 0) is 0 Å². The van der Waals surface area contributed by atoms with E-state index >= 15 is 0 Å². The molecule has 18 nitrogen and oxygen atoms in total. The van der Waals surface area contributed by atoms with Gasteiger partial charge in [0.2, 0.25) is 0 Å². The standard InChI is InChI=1S/C18H12F6N6O12/c19-7(31)25-1-13-26(8(20)32)3-15(38-13)28(10(22)34)5-17(40-15)30(12(24)36)6-18(42-17)29(11(23)35)4-16(41-18)27(9(21)33)2-14(25,37-13)39-16/h1-6H2. The van der Waals surface area contributed by atoms with Crippen LogP contribution in [0.15, 0.2) is 0 Å². The average Bonchev–Trinajstić information content (AvgIpc) is 3.66. The molecule has 6 spiro atoms. The van der Waals surface area contributed by atoms with Crippen LogP contribution in [0, 0.1) is 0 Å². The molecule has 7 aliphatic heterocycles. The molecule has 228 valence electrons. The molecule has 0 atom stereocenters. The van der Waals surface area contributed by atoms with Crippen molar-refractivity contribution in [2.75, 3.05) is 39.3 Å². The molecule has 7 heterocycles. The molecule has 0 aromatic carbocycles. The van der Waals surface area contributed by atoms with Gasteiger partial charge in [0.05, 0.1) is 0 Å². The number of carbonyl (C=O) groups is 6. The number of hydrogen-bond acceptors (Lipinski definition) is 12. The second kappa shape index (κ2) is 7.56. The SMILES string of the molecule is O=C(F)N1CC23OC14CN(C(=O)F)C1(CN(C(=O)F)C5(CN(C(=O)F)C6(CN(C(=O)F)C(CN2C(=O)F)(O3)O6)O5)O1)O4. The van der Waals surface area contributed by atoms with Gasteiger partial charge in [0.1, 0.15) is 39.3 Å². The maximum Gasteiger partial charge on any atom is 0.404 e. The van der Waals surface area contributed by atoms with Crippen molar-refractivity contribution in [2.45, 2.75) is 35.5 Å². The molecule has 6 bridgehead atoms. The van der Waals surface area contributed by atoms with Gasteiger partial charge in [0, 0.05) is 0 Å². The summed E-state index contributed by atoms with van der Waals surface area (Å²) in [7, 11) is 0. The second-order valence-corrected chi connectivity index (χ2v) is 9.92. The first kappa shape index (κ1) is 27.0. The normalized spacial score (nSPS) is 42.7. The molecule has 0 N–H and O–H groups in total. The second-order valence-electron chi connectivity index (χ2n) is 9.92. The molecule has 0 saturated carbocycles. The van der Waals surface area contributed by atoms with Crippen molar-refractivity contribution < 1.29 is 83.5 Å². The van der Waals surface area contributed by atoms with Crippen LogP contribution in [-0.2, 0) is 28.4 Å². The van der Waals surface area contributed by atoms with E-state index in [1.54, 1.807) is 0 Å². The van der Waals surface area contributed by atoms with Crippen molar-refractivity contribution in [3.8, 4) is 0 Å². The Kier molecular flexibility index (Phi) is 4.86. The lowest BCUT2D eigenvalue weighted by Crippen LogP contribution is -2.53. The third-order valence-corrected chi connectivity index (χ3v) is 7.80. The van der Waals surface area contributed by atoms with E-state index in [1.165, 1.54) is 0 Å². The first-order valence-corrected chi connectivity index (χ1v) is 11.5. The van der Waals surface area contributed by atoms with Crippen LogP contribution in [0.5, 0.6) is 0 Å². The lowest BCUT2D eigenvalue weighted by atomic mass is 10.3. The molecule has 42 heavy (non-hydrogen) atoms. The van der Waals surface area contributed by atoms with E-state index in [1.807, 2.05) is 0 Å². The predicted molar refractivity (Wildman–Crippen MR) is 102 cm³/mol. The Morgan fingerprint density at radius 3 is 0.548 bits per heavy atom. The van der Waals surface area contributed by atoms with Crippen molar-refractivity contribution in [3.63, 3.8) is 0 Å². The minimum absolute atomic E-state index is 0.0939. The summed E-state index contributed by atoms with van der Waals surface area (Å²) in [6.45, 7) is -8.51. The molecule has 24 heteroatoms. The van der Waals surface area contributed by atoms with Gasteiger partial charge in [0.15, 0.2) is 0 Å². The summed E-state index contributed by atoms with van der Waals surface area (Å²) in [5.41, 5.74) is 0. The van der Waals surface area contributed by atoms with Crippen LogP contribution in [0.1, 0.15) is 0 Å². The molecule has 0 unspecified atom stereocenters. The third kappa shape index (κ3) is 3.00. The Bertz CT molecular complexity index is 1130. The van der Waals surface area contributed by atoms with Gasteiger partial charge in [-0.2, -0.15) is 0 Å². The van der Waals surface area contributed by atoms with Crippen LogP contribution in [0.2, 0.25) is 0 Å². The predicted octanol–water partition coefficient (Wildman–Crippen LogP) is 0.453. The third-order valence-electron chi connectivity index (χ3n) is 7.80. The minimum Gasteiger partial charge on any atom is -0.277 e. The molecule has 7 aliphatic rings. The van der Waals surface area contributed by atoms with Crippen LogP contribution in [0.25, 0.3) is 0 Å². The monoisotopic (exact) mass is 618 g/mol. The Labute approximate surface area is 225 Å². The van der Waals surface area contributed by atoms with Gasteiger partial charge in [0.25, 0.3) is 35.5 Å². The average molecular weight is 618 g/mol. The smallest absolute Gasteiger partial charge is 0.277 e. The van der Waals surface area contributed by atoms with E-state index in [0.29, 0.717) is 0 Å². The fourth-order valence-corrected chi connectivity index (χ4v) is 6.28. The molecule has 0 radical (unpaired) electrons. The van der Waals surface area contributed by atoms with Gasteiger partial charge >= 0.3 is 37.0 Å². The first-order chi connectivity index (χ1) is 19.5. The van der Waals surface area contributed by atoms with Crippen molar-refractivity contribution in [1.82, 2.24) is 29.4 Å². The summed E-state index contributed by atoms with van der Waals surface area (Å²) >= 11 is 0. The van der Waals surface area contributed by atoms with Crippen LogP contribution in [0.4, 0.5) is 55.1 Å². The highest BCUT2D eigenvalue weighted by atomic mass is 19.2. The lowest BCUT2D eigenvalue weighted by Gasteiger charge is -2.35. The van der Waals surface area contributed by atoms with Gasteiger partial charge in [-0.3, -0.25) is 57.8 Å². The number of nitrogens with zero attached hydrogens (tertiary/aromatic N) is 6. The number of rotatable bonds is 0. The highest BCUT2D eigenvalue weighted by Crippen LogP contribution is 2.60. The van der Waals surface area contributed by atoms with E-state index in [2.05, 4.69) is 0 Å². The fraction of sp³-hybridized carbons (Fsp3) is 0.667. The van der Waals surface area contributed by atoms with Gasteiger partial charge in [-0.15, -0.1) is 26.3 Å². The Hall–Kier alpha value is -3.84. The van der Waals surface area contributed by atoms with Crippen molar-refractivity contribution in [2.24, 2.45) is 0 Å². The minimum atomic E-state index is -3.14. The molecular weight excluding hydrogens is 606 g/mol. The highest BCUT2D eigenvalue weighted by molar-refractivity contribution is 5.74. The first-order valence-electron chi connectivity index (χ1n) is 11.5. The summed E-state index contributed by atoms with van der Waals surface area (Å²) in [6, 6.07) is 0.